The molecule has 0 radical (unpaired) electrons. The van der Waals surface area contributed by atoms with Gasteiger partial charge >= 0.3 is 0 Å². The fourth-order valence-corrected chi connectivity index (χ4v) is 3.47. The normalized spacial score (nSPS) is 18.8. The minimum Gasteiger partial charge on any atom is -0.378 e. The van der Waals surface area contributed by atoms with Crippen LogP contribution < -0.4 is 5.32 Å². The van der Waals surface area contributed by atoms with E-state index in [4.69, 9.17) is 0 Å². The van der Waals surface area contributed by atoms with E-state index in [1.807, 2.05) is 11.3 Å². The molecule has 1 heterocycles. The van der Waals surface area contributed by atoms with Crippen LogP contribution in [0.25, 0.3) is 0 Å². The van der Waals surface area contributed by atoms with Gasteiger partial charge in [0.1, 0.15) is 0 Å². The number of rotatable bonds is 2. The fraction of sp³-hybridized carbons (Fsp3) is 0.333. The molecule has 0 aliphatic heterocycles. The van der Waals surface area contributed by atoms with Crippen molar-refractivity contribution >= 4 is 17.0 Å². The second kappa shape index (κ2) is 4.53. The summed E-state index contributed by atoms with van der Waals surface area (Å²) < 4.78 is 0. The zero-order valence-corrected chi connectivity index (χ0v) is 10.9. The molecule has 0 spiro atoms. The van der Waals surface area contributed by atoms with E-state index in [9.17, 15) is 0 Å². The SMILES string of the molecule is Cc1ccc(NC2CCCc3sccc32)cc1. The van der Waals surface area contributed by atoms with Gasteiger partial charge in [-0.1, -0.05) is 17.7 Å². The minimum absolute atomic E-state index is 0.507. The van der Waals surface area contributed by atoms with Gasteiger partial charge in [0.25, 0.3) is 0 Å². The highest BCUT2D eigenvalue weighted by atomic mass is 32.1. The van der Waals surface area contributed by atoms with Crippen molar-refractivity contribution in [3.05, 3.63) is 51.7 Å². The van der Waals surface area contributed by atoms with Crippen LogP contribution in [0.15, 0.2) is 35.7 Å². The number of nitrogens with one attached hydrogen (secondary N) is 1. The number of thiophene rings is 1. The highest BCUT2D eigenvalue weighted by Gasteiger charge is 2.20. The molecule has 2 heteroatoms. The molecule has 1 nitrogen and oxygen atoms in total. The van der Waals surface area contributed by atoms with Gasteiger partial charge < -0.3 is 5.32 Å². The van der Waals surface area contributed by atoms with Gasteiger partial charge in [0.2, 0.25) is 0 Å². The number of hydrogen-bond donors (Lipinski definition) is 1. The summed E-state index contributed by atoms with van der Waals surface area (Å²) in [5, 5.41) is 5.88. The molecule has 1 aliphatic carbocycles. The summed E-state index contributed by atoms with van der Waals surface area (Å²) in [6, 6.07) is 11.5. The van der Waals surface area contributed by atoms with Crippen LogP contribution in [0.4, 0.5) is 5.69 Å². The Morgan fingerprint density at radius 2 is 2.00 bits per heavy atom. The van der Waals surface area contributed by atoms with E-state index in [0.29, 0.717) is 6.04 Å². The lowest BCUT2D eigenvalue weighted by molar-refractivity contribution is 0.609. The molecule has 0 saturated heterocycles. The Balaban J connectivity index is 1.81. The molecule has 1 aliphatic rings. The average molecular weight is 243 g/mol. The molecule has 17 heavy (non-hydrogen) atoms. The van der Waals surface area contributed by atoms with E-state index < -0.39 is 0 Å². The summed E-state index contributed by atoms with van der Waals surface area (Å²) in [5.41, 5.74) is 4.07. The molecule has 3 rings (SSSR count). The van der Waals surface area contributed by atoms with Gasteiger partial charge in [-0.2, -0.15) is 0 Å². The predicted molar refractivity (Wildman–Crippen MR) is 74.8 cm³/mol. The molecule has 0 fully saturated rings. The number of anilines is 1. The summed E-state index contributed by atoms with van der Waals surface area (Å²) in [6.07, 6.45) is 3.81. The van der Waals surface area contributed by atoms with Crippen molar-refractivity contribution < 1.29 is 0 Å². The van der Waals surface area contributed by atoms with Crippen molar-refractivity contribution in [2.45, 2.75) is 32.2 Å². The Hall–Kier alpha value is -1.28. The first-order valence-electron chi connectivity index (χ1n) is 6.22. The van der Waals surface area contributed by atoms with Gasteiger partial charge in [0.05, 0.1) is 6.04 Å². The van der Waals surface area contributed by atoms with Crippen LogP contribution >= 0.6 is 11.3 Å². The molecular weight excluding hydrogens is 226 g/mol. The Labute approximate surface area is 106 Å². The topological polar surface area (TPSA) is 12.0 Å². The highest BCUT2D eigenvalue weighted by Crippen LogP contribution is 2.35. The van der Waals surface area contributed by atoms with E-state index in [0.717, 1.165) is 0 Å². The van der Waals surface area contributed by atoms with Crippen molar-refractivity contribution in [2.24, 2.45) is 0 Å². The summed E-state index contributed by atoms with van der Waals surface area (Å²) in [5.74, 6) is 0. The van der Waals surface area contributed by atoms with Crippen molar-refractivity contribution in [3.8, 4) is 0 Å². The molecule has 1 aromatic carbocycles. The second-order valence-corrected chi connectivity index (χ2v) is 5.75. The van der Waals surface area contributed by atoms with Crippen molar-refractivity contribution in [1.29, 1.82) is 0 Å². The Bertz CT molecular complexity index is 498. The van der Waals surface area contributed by atoms with Crippen molar-refractivity contribution in [3.63, 3.8) is 0 Å². The lowest BCUT2D eigenvalue weighted by Crippen LogP contribution is -2.15. The van der Waals surface area contributed by atoms with Gasteiger partial charge in [0.15, 0.2) is 0 Å². The van der Waals surface area contributed by atoms with Crippen LogP contribution in [-0.2, 0) is 6.42 Å². The minimum atomic E-state index is 0.507. The number of fused-ring (bicyclic) bond motifs is 1. The van der Waals surface area contributed by atoms with E-state index in [-0.39, 0.29) is 0 Å². The summed E-state index contributed by atoms with van der Waals surface area (Å²) in [7, 11) is 0. The first kappa shape index (κ1) is 10.8. The van der Waals surface area contributed by atoms with E-state index >= 15 is 0 Å². The van der Waals surface area contributed by atoms with Crippen LogP contribution in [0, 0.1) is 6.92 Å². The van der Waals surface area contributed by atoms with Gasteiger partial charge in [-0.25, -0.2) is 0 Å². The molecule has 1 N–H and O–H groups in total. The maximum atomic E-state index is 3.66. The smallest absolute Gasteiger partial charge is 0.0524 e. The molecule has 1 atom stereocenters. The summed E-state index contributed by atoms with van der Waals surface area (Å²) in [6.45, 7) is 2.13. The highest BCUT2D eigenvalue weighted by molar-refractivity contribution is 7.10. The van der Waals surface area contributed by atoms with Gasteiger partial charge in [0, 0.05) is 10.6 Å². The van der Waals surface area contributed by atoms with Crippen LogP contribution in [0.1, 0.15) is 34.9 Å². The van der Waals surface area contributed by atoms with E-state index in [2.05, 4.69) is 48.0 Å². The van der Waals surface area contributed by atoms with Crippen LogP contribution in [-0.4, -0.2) is 0 Å². The van der Waals surface area contributed by atoms with Gasteiger partial charge in [-0.15, -0.1) is 11.3 Å². The fourth-order valence-electron chi connectivity index (χ4n) is 2.49. The van der Waals surface area contributed by atoms with Crippen LogP contribution in [0.3, 0.4) is 0 Å². The van der Waals surface area contributed by atoms with E-state index in [1.54, 1.807) is 4.88 Å². The largest absolute Gasteiger partial charge is 0.378 e. The quantitative estimate of drug-likeness (QED) is 0.816. The monoisotopic (exact) mass is 243 g/mol. The maximum absolute atomic E-state index is 3.66. The zero-order chi connectivity index (χ0) is 11.7. The second-order valence-electron chi connectivity index (χ2n) is 4.75. The Morgan fingerprint density at radius 1 is 1.18 bits per heavy atom. The molecule has 0 saturated carbocycles. The molecule has 1 aromatic heterocycles. The first-order valence-corrected chi connectivity index (χ1v) is 7.10. The van der Waals surface area contributed by atoms with Crippen molar-refractivity contribution in [1.82, 2.24) is 0 Å². The zero-order valence-electron chi connectivity index (χ0n) is 10.1. The average Bonchev–Trinajstić information content (AvgIpc) is 2.81. The third kappa shape index (κ3) is 2.22. The number of benzene rings is 1. The number of aryl methyl sites for hydroxylation is 2. The van der Waals surface area contributed by atoms with Gasteiger partial charge in [-0.3, -0.25) is 0 Å². The standard InChI is InChI=1S/C15H17NS/c1-11-5-7-12(8-6-11)16-14-3-2-4-15-13(14)9-10-17-15/h5-10,14,16H,2-4H2,1H3. The van der Waals surface area contributed by atoms with Crippen LogP contribution in [0.5, 0.6) is 0 Å². The van der Waals surface area contributed by atoms with E-state index in [1.165, 1.54) is 36.1 Å². The van der Waals surface area contributed by atoms with Gasteiger partial charge in [-0.05, 0) is 55.3 Å². The summed E-state index contributed by atoms with van der Waals surface area (Å²) >= 11 is 1.90. The third-order valence-electron chi connectivity index (χ3n) is 3.44. The third-order valence-corrected chi connectivity index (χ3v) is 4.44. The molecule has 0 amide bonds. The molecule has 1 unspecified atom stereocenters. The predicted octanol–water partition coefficient (Wildman–Crippen LogP) is 4.55. The lowest BCUT2D eigenvalue weighted by atomic mass is 9.94. The Kier molecular flexibility index (Phi) is 2.89. The maximum Gasteiger partial charge on any atom is 0.0524 e. The molecule has 88 valence electrons. The first-order chi connectivity index (χ1) is 8.33. The Morgan fingerprint density at radius 3 is 2.82 bits per heavy atom. The summed E-state index contributed by atoms with van der Waals surface area (Å²) in [4.78, 5) is 1.57. The molecule has 0 bridgehead atoms. The lowest BCUT2D eigenvalue weighted by Gasteiger charge is -2.24. The van der Waals surface area contributed by atoms with Crippen molar-refractivity contribution in [2.75, 3.05) is 5.32 Å². The van der Waals surface area contributed by atoms with Crippen LogP contribution in [0.2, 0.25) is 0 Å². The molecule has 2 aromatic rings. The number of hydrogen-bond acceptors (Lipinski definition) is 2. The molecular formula is C15H17NS.